The number of rotatable bonds is 8. The van der Waals surface area contributed by atoms with Crippen molar-refractivity contribution in [1.29, 1.82) is 0 Å². The predicted octanol–water partition coefficient (Wildman–Crippen LogP) is 3.17. The molecule has 3 aromatic rings. The van der Waals surface area contributed by atoms with Gasteiger partial charge in [-0.2, -0.15) is 0 Å². The number of nitrogens with zero attached hydrogens (tertiary/aromatic N) is 2. The van der Waals surface area contributed by atoms with E-state index in [0.29, 0.717) is 11.3 Å². The van der Waals surface area contributed by atoms with E-state index < -0.39 is 17.8 Å². The minimum atomic E-state index is -0.625. The number of amides is 2. The molecule has 0 aliphatic rings. The third-order valence-electron chi connectivity index (χ3n) is 4.19. The lowest BCUT2D eigenvalue weighted by atomic mass is 10.1. The van der Waals surface area contributed by atoms with Crippen LogP contribution in [0.4, 0.5) is 22.3 Å². The molecule has 12 heteroatoms. The van der Waals surface area contributed by atoms with E-state index in [1.54, 1.807) is 38.1 Å². The fourth-order valence-corrected chi connectivity index (χ4v) is 4.57. The maximum atomic E-state index is 12.8. The van der Waals surface area contributed by atoms with Crippen LogP contribution in [0.1, 0.15) is 32.5 Å². The number of ether oxygens (including phenoxy) is 1. The number of thioether (sulfide) groups is 1. The van der Waals surface area contributed by atoms with Crippen LogP contribution in [0.25, 0.3) is 0 Å². The van der Waals surface area contributed by atoms with Gasteiger partial charge in [-0.25, -0.2) is 14.8 Å². The van der Waals surface area contributed by atoms with Crippen LogP contribution < -0.4 is 22.1 Å². The van der Waals surface area contributed by atoms with E-state index in [-0.39, 0.29) is 44.6 Å². The largest absolute Gasteiger partial charge is 0.462 e. The lowest BCUT2D eigenvalue weighted by Crippen LogP contribution is -2.17. The summed E-state index contributed by atoms with van der Waals surface area (Å²) in [5.74, 6) is -1.12. The molecule has 0 aliphatic heterocycles. The quantitative estimate of drug-likeness (QED) is 0.213. The van der Waals surface area contributed by atoms with Gasteiger partial charge in [0.05, 0.1) is 22.8 Å². The summed E-state index contributed by atoms with van der Waals surface area (Å²) in [5, 5.41) is 5.95. The van der Waals surface area contributed by atoms with Gasteiger partial charge in [0.15, 0.2) is 5.16 Å². The Bertz CT molecular complexity index is 1160. The molecule has 0 radical (unpaired) electrons. The lowest BCUT2D eigenvalue weighted by Gasteiger charge is -2.07. The summed E-state index contributed by atoms with van der Waals surface area (Å²) in [7, 11) is 0. The third-order valence-corrected chi connectivity index (χ3v) is 6.25. The Balaban J connectivity index is 1.80. The van der Waals surface area contributed by atoms with Crippen LogP contribution in [0.15, 0.2) is 41.6 Å². The van der Waals surface area contributed by atoms with Gasteiger partial charge in [-0.15, -0.1) is 11.3 Å². The number of benzene rings is 1. The number of hydrogen-bond donors (Lipinski definition) is 4. The zero-order chi connectivity index (χ0) is 24.0. The summed E-state index contributed by atoms with van der Waals surface area (Å²) in [5.41, 5.74) is 12.5. The number of para-hydroxylation sites is 1. The minimum absolute atomic E-state index is 0.0619. The van der Waals surface area contributed by atoms with Gasteiger partial charge in [0.25, 0.3) is 5.91 Å². The van der Waals surface area contributed by atoms with Crippen molar-refractivity contribution in [2.24, 2.45) is 0 Å². The number of carbonyl (C=O) groups is 3. The number of hydrogen-bond acceptors (Lipinski definition) is 10. The van der Waals surface area contributed by atoms with Gasteiger partial charge >= 0.3 is 5.97 Å². The van der Waals surface area contributed by atoms with Crippen molar-refractivity contribution in [3.8, 4) is 0 Å². The number of nitrogens with two attached hydrogens (primary N) is 2. The maximum Gasteiger partial charge on any atom is 0.341 e. The minimum Gasteiger partial charge on any atom is -0.462 e. The van der Waals surface area contributed by atoms with Crippen molar-refractivity contribution in [3.63, 3.8) is 0 Å². The van der Waals surface area contributed by atoms with Crippen LogP contribution in [0.3, 0.4) is 0 Å². The first-order valence-electron chi connectivity index (χ1n) is 9.78. The third kappa shape index (κ3) is 6.20. The highest BCUT2D eigenvalue weighted by molar-refractivity contribution is 7.99. The van der Waals surface area contributed by atoms with E-state index >= 15 is 0 Å². The molecule has 1 aromatic carbocycles. The summed E-state index contributed by atoms with van der Waals surface area (Å²) in [6, 6.07) is 10.3. The summed E-state index contributed by atoms with van der Waals surface area (Å²) < 4.78 is 5.13. The highest BCUT2D eigenvalue weighted by Gasteiger charge is 2.26. The molecule has 0 aliphatic carbocycles. The maximum absolute atomic E-state index is 12.8. The Kier molecular flexibility index (Phi) is 7.85. The SMILES string of the molecule is CCOC(=O)c1c(NC(=O)CSc2nc(N)cc(N)n2)sc(C(=O)Nc2ccccc2)c1C. The molecule has 10 nitrogen and oxygen atoms in total. The molecule has 0 bridgehead atoms. The van der Waals surface area contributed by atoms with Crippen LogP contribution in [0.5, 0.6) is 0 Å². The van der Waals surface area contributed by atoms with Crippen molar-refractivity contribution < 1.29 is 19.1 Å². The van der Waals surface area contributed by atoms with Gasteiger partial charge in [0.1, 0.15) is 16.6 Å². The molecule has 6 N–H and O–H groups in total. The molecule has 0 atom stereocenters. The molecule has 0 fully saturated rings. The number of nitrogens with one attached hydrogen (secondary N) is 2. The average Bonchev–Trinajstić information content (AvgIpc) is 3.08. The first-order chi connectivity index (χ1) is 15.8. The first-order valence-corrected chi connectivity index (χ1v) is 11.6. The van der Waals surface area contributed by atoms with Crippen molar-refractivity contribution in [2.75, 3.05) is 34.5 Å². The summed E-state index contributed by atoms with van der Waals surface area (Å²) >= 11 is 2.03. The number of esters is 1. The van der Waals surface area contributed by atoms with E-state index in [0.717, 1.165) is 23.1 Å². The fourth-order valence-electron chi connectivity index (χ4n) is 2.80. The van der Waals surface area contributed by atoms with E-state index in [9.17, 15) is 14.4 Å². The van der Waals surface area contributed by atoms with Crippen molar-refractivity contribution in [3.05, 3.63) is 52.4 Å². The molecule has 0 unspecified atom stereocenters. The standard InChI is InChI=1S/C21H22N6O4S2/c1-3-31-20(30)16-11(2)17(18(29)24-12-7-5-4-6-8-12)33-19(16)27-15(28)10-32-21-25-13(22)9-14(23)26-21/h4-9H,3,10H2,1-2H3,(H,24,29)(H,27,28)(H4,22,23,25,26). The summed E-state index contributed by atoms with van der Waals surface area (Å²) in [6.07, 6.45) is 0. The van der Waals surface area contributed by atoms with Crippen molar-refractivity contribution in [1.82, 2.24) is 9.97 Å². The Hall–Kier alpha value is -3.64. The second-order valence-electron chi connectivity index (χ2n) is 6.64. The molecule has 2 heterocycles. The van der Waals surface area contributed by atoms with E-state index in [1.807, 2.05) is 6.07 Å². The van der Waals surface area contributed by atoms with Crippen LogP contribution in [-0.4, -0.2) is 40.1 Å². The van der Waals surface area contributed by atoms with E-state index in [1.165, 1.54) is 6.07 Å². The number of aromatic nitrogens is 2. The lowest BCUT2D eigenvalue weighted by molar-refractivity contribution is -0.113. The Morgan fingerprint density at radius 2 is 1.76 bits per heavy atom. The molecule has 2 aromatic heterocycles. The van der Waals surface area contributed by atoms with Crippen molar-refractivity contribution >= 4 is 63.2 Å². The van der Waals surface area contributed by atoms with Gasteiger partial charge in [0, 0.05) is 11.8 Å². The molecule has 172 valence electrons. The topological polar surface area (TPSA) is 162 Å². The molecule has 2 amide bonds. The van der Waals surface area contributed by atoms with Crippen molar-refractivity contribution in [2.45, 2.75) is 19.0 Å². The zero-order valence-electron chi connectivity index (χ0n) is 17.9. The summed E-state index contributed by atoms with van der Waals surface area (Å²) in [4.78, 5) is 46.3. The second-order valence-corrected chi connectivity index (χ2v) is 8.60. The van der Waals surface area contributed by atoms with Crippen LogP contribution in [0, 0.1) is 6.92 Å². The number of nitrogen functional groups attached to an aromatic ring is 2. The van der Waals surface area contributed by atoms with Crippen LogP contribution in [-0.2, 0) is 9.53 Å². The molecule has 0 saturated heterocycles. The molecule has 0 saturated carbocycles. The Morgan fingerprint density at radius 3 is 2.39 bits per heavy atom. The number of anilines is 4. The zero-order valence-corrected chi connectivity index (χ0v) is 19.5. The van der Waals surface area contributed by atoms with Gasteiger partial charge < -0.3 is 26.8 Å². The molecule has 3 rings (SSSR count). The van der Waals surface area contributed by atoms with Crippen LogP contribution in [0.2, 0.25) is 0 Å². The first kappa shape index (κ1) is 24.0. The molecule has 33 heavy (non-hydrogen) atoms. The van der Waals surface area contributed by atoms with E-state index in [4.69, 9.17) is 16.2 Å². The molecule has 0 spiro atoms. The van der Waals surface area contributed by atoms with Gasteiger partial charge in [-0.3, -0.25) is 9.59 Å². The van der Waals surface area contributed by atoms with Gasteiger partial charge in [-0.1, -0.05) is 30.0 Å². The Labute approximate surface area is 198 Å². The average molecular weight is 487 g/mol. The normalized spacial score (nSPS) is 10.5. The number of carbonyl (C=O) groups excluding carboxylic acids is 3. The molecular formula is C21H22N6O4S2. The highest BCUT2D eigenvalue weighted by atomic mass is 32.2. The molecular weight excluding hydrogens is 464 g/mol. The second kappa shape index (κ2) is 10.8. The Morgan fingerprint density at radius 1 is 1.09 bits per heavy atom. The van der Waals surface area contributed by atoms with E-state index in [2.05, 4.69) is 20.6 Å². The summed E-state index contributed by atoms with van der Waals surface area (Å²) in [6.45, 7) is 3.46. The predicted molar refractivity (Wildman–Crippen MR) is 130 cm³/mol. The smallest absolute Gasteiger partial charge is 0.341 e. The monoisotopic (exact) mass is 486 g/mol. The highest BCUT2D eigenvalue weighted by Crippen LogP contribution is 2.34. The van der Waals surface area contributed by atoms with Crippen LogP contribution >= 0.6 is 23.1 Å². The van der Waals surface area contributed by atoms with Gasteiger partial charge in [0.2, 0.25) is 5.91 Å². The van der Waals surface area contributed by atoms with Gasteiger partial charge in [-0.05, 0) is 31.5 Å². The number of thiophene rings is 1. The fraction of sp³-hybridized carbons (Fsp3) is 0.190.